The minimum absolute atomic E-state index is 0.157. The summed E-state index contributed by atoms with van der Waals surface area (Å²) in [5.41, 5.74) is 0.0721. The summed E-state index contributed by atoms with van der Waals surface area (Å²) in [5, 5.41) is 0.594. The Morgan fingerprint density at radius 3 is 2.54 bits per heavy atom. The lowest BCUT2D eigenvalue weighted by Gasteiger charge is -2.39. The molecule has 1 aromatic heterocycles. The number of hydrogen-bond donors (Lipinski definition) is 0. The van der Waals surface area contributed by atoms with Crippen LogP contribution < -0.4 is 0 Å². The predicted octanol–water partition coefficient (Wildman–Crippen LogP) is 3.31. The van der Waals surface area contributed by atoms with Gasteiger partial charge in [0.25, 0.3) is 0 Å². The Labute approximate surface area is 170 Å². The quantitative estimate of drug-likeness (QED) is 0.667. The number of halogens is 1. The van der Waals surface area contributed by atoms with Gasteiger partial charge in [0.2, 0.25) is 10.0 Å². The Kier molecular flexibility index (Phi) is 6.37. The van der Waals surface area contributed by atoms with E-state index in [-0.39, 0.29) is 30.6 Å². The molecule has 1 aromatic carbocycles. The van der Waals surface area contributed by atoms with Gasteiger partial charge in [-0.3, -0.25) is 9.78 Å². The number of nitrogens with zero attached hydrogens (tertiary/aromatic N) is 2. The lowest BCUT2D eigenvalue weighted by Crippen LogP contribution is -2.48. The van der Waals surface area contributed by atoms with E-state index in [9.17, 15) is 13.2 Å². The Balaban J connectivity index is 1.83. The molecule has 150 valence electrons. The van der Waals surface area contributed by atoms with E-state index in [0.29, 0.717) is 24.3 Å². The van der Waals surface area contributed by atoms with Gasteiger partial charge in [-0.2, -0.15) is 4.31 Å². The Hall–Kier alpha value is -1.96. The molecule has 0 saturated carbocycles. The van der Waals surface area contributed by atoms with Gasteiger partial charge >= 0.3 is 5.97 Å². The van der Waals surface area contributed by atoms with Crippen molar-refractivity contribution >= 4 is 27.6 Å². The Morgan fingerprint density at radius 1 is 1.21 bits per heavy atom. The third-order valence-corrected chi connectivity index (χ3v) is 7.40. The van der Waals surface area contributed by atoms with Crippen molar-refractivity contribution in [3.63, 3.8) is 0 Å². The van der Waals surface area contributed by atoms with Crippen LogP contribution in [0.5, 0.6) is 0 Å². The summed E-state index contributed by atoms with van der Waals surface area (Å²) in [6.45, 7) is 2.52. The standard InChI is InChI=1S/C20H23ClN2O4S/c1-2-27-19(24)20(14-16-6-3-4-8-18(16)21)9-12-23(13-10-20)28(25,26)17-7-5-11-22-15-17/h3-8,11,15H,2,9-10,12-14H2,1H3. The topological polar surface area (TPSA) is 76.6 Å². The third-order valence-electron chi connectivity index (χ3n) is 5.15. The largest absolute Gasteiger partial charge is 0.466 e. The maximum Gasteiger partial charge on any atom is 0.312 e. The number of carbonyl (C=O) groups excluding carboxylic acids is 1. The van der Waals surface area contributed by atoms with Gasteiger partial charge in [0, 0.05) is 30.5 Å². The molecule has 1 aliphatic rings. The number of pyridine rings is 1. The van der Waals surface area contributed by atoms with Crippen molar-refractivity contribution in [3.8, 4) is 0 Å². The van der Waals surface area contributed by atoms with Crippen LogP contribution in [0.25, 0.3) is 0 Å². The lowest BCUT2D eigenvalue weighted by atomic mass is 9.74. The average Bonchev–Trinajstić information content (AvgIpc) is 2.71. The van der Waals surface area contributed by atoms with E-state index in [0.717, 1.165) is 5.56 Å². The first kappa shape index (κ1) is 20.8. The molecule has 0 atom stereocenters. The number of hydrogen-bond acceptors (Lipinski definition) is 5. The second kappa shape index (κ2) is 8.59. The molecule has 1 fully saturated rings. The maximum atomic E-state index is 12.9. The van der Waals surface area contributed by atoms with Gasteiger partial charge in [0.1, 0.15) is 4.90 Å². The Morgan fingerprint density at radius 2 is 1.93 bits per heavy atom. The third kappa shape index (κ3) is 4.21. The molecular weight excluding hydrogens is 400 g/mol. The van der Waals surface area contributed by atoms with E-state index < -0.39 is 15.4 Å². The van der Waals surface area contributed by atoms with Crippen molar-refractivity contribution < 1.29 is 17.9 Å². The van der Waals surface area contributed by atoms with E-state index in [4.69, 9.17) is 16.3 Å². The fourth-order valence-electron chi connectivity index (χ4n) is 3.55. The predicted molar refractivity (Wildman–Crippen MR) is 106 cm³/mol. The minimum atomic E-state index is -3.64. The maximum absolute atomic E-state index is 12.9. The summed E-state index contributed by atoms with van der Waals surface area (Å²) in [7, 11) is -3.64. The van der Waals surface area contributed by atoms with E-state index in [1.807, 2.05) is 18.2 Å². The van der Waals surface area contributed by atoms with Crippen LogP contribution in [0.3, 0.4) is 0 Å². The lowest BCUT2D eigenvalue weighted by molar-refractivity contribution is -0.158. The molecule has 3 rings (SSSR count). The summed E-state index contributed by atoms with van der Waals surface area (Å²) in [5.74, 6) is -0.298. The number of rotatable bonds is 6. The van der Waals surface area contributed by atoms with Crippen molar-refractivity contribution in [2.24, 2.45) is 5.41 Å². The fraction of sp³-hybridized carbons (Fsp3) is 0.400. The number of esters is 1. The van der Waals surface area contributed by atoms with Crippen LogP contribution in [-0.4, -0.2) is 43.4 Å². The van der Waals surface area contributed by atoms with Gasteiger partial charge in [0.15, 0.2) is 0 Å². The molecule has 0 aliphatic carbocycles. The van der Waals surface area contributed by atoms with Crippen LogP contribution in [0.1, 0.15) is 25.3 Å². The molecule has 6 nitrogen and oxygen atoms in total. The van der Waals surface area contributed by atoms with Gasteiger partial charge in [-0.05, 0) is 49.9 Å². The van der Waals surface area contributed by atoms with Crippen molar-refractivity contribution in [2.45, 2.75) is 31.1 Å². The van der Waals surface area contributed by atoms with E-state index in [1.54, 1.807) is 19.1 Å². The summed E-state index contributed by atoms with van der Waals surface area (Å²) in [6.07, 6.45) is 4.04. The van der Waals surface area contributed by atoms with Crippen molar-refractivity contribution in [2.75, 3.05) is 19.7 Å². The number of benzene rings is 1. The fourth-order valence-corrected chi connectivity index (χ4v) is 5.16. The number of sulfonamides is 1. The molecular formula is C20H23ClN2O4S. The van der Waals surface area contributed by atoms with Gasteiger partial charge < -0.3 is 4.74 Å². The van der Waals surface area contributed by atoms with Crippen LogP contribution in [0.2, 0.25) is 5.02 Å². The highest BCUT2D eigenvalue weighted by atomic mass is 35.5. The van der Waals surface area contributed by atoms with Crippen LogP contribution in [0.4, 0.5) is 0 Å². The van der Waals surface area contributed by atoms with Crippen LogP contribution in [0.15, 0.2) is 53.7 Å². The monoisotopic (exact) mass is 422 g/mol. The molecule has 28 heavy (non-hydrogen) atoms. The number of piperidine rings is 1. The minimum Gasteiger partial charge on any atom is -0.466 e. The molecule has 0 N–H and O–H groups in total. The molecule has 0 spiro atoms. The zero-order valence-electron chi connectivity index (χ0n) is 15.7. The van der Waals surface area contributed by atoms with Crippen LogP contribution in [-0.2, 0) is 26.0 Å². The highest BCUT2D eigenvalue weighted by Crippen LogP contribution is 2.39. The number of carbonyl (C=O) groups is 1. The van der Waals surface area contributed by atoms with E-state index >= 15 is 0 Å². The highest BCUT2D eigenvalue weighted by Gasteiger charge is 2.45. The zero-order valence-corrected chi connectivity index (χ0v) is 17.2. The first-order chi connectivity index (χ1) is 13.4. The summed E-state index contributed by atoms with van der Waals surface area (Å²) in [6, 6.07) is 10.5. The van der Waals surface area contributed by atoms with Crippen molar-refractivity contribution in [3.05, 3.63) is 59.4 Å². The highest BCUT2D eigenvalue weighted by molar-refractivity contribution is 7.89. The molecule has 0 amide bonds. The molecule has 8 heteroatoms. The normalized spacial score (nSPS) is 17.2. The second-order valence-corrected chi connectivity index (χ2v) is 9.21. The average molecular weight is 423 g/mol. The first-order valence-corrected chi connectivity index (χ1v) is 11.0. The van der Waals surface area contributed by atoms with Crippen LogP contribution in [0, 0.1) is 5.41 Å². The summed E-state index contributed by atoms with van der Waals surface area (Å²) < 4.78 is 32.5. The molecule has 1 saturated heterocycles. The Bertz CT molecular complexity index is 926. The van der Waals surface area contributed by atoms with Gasteiger partial charge in [-0.1, -0.05) is 29.8 Å². The molecule has 2 heterocycles. The summed E-state index contributed by atoms with van der Waals surface area (Å²) in [4.78, 5) is 16.9. The molecule has 0 bridgehead atoms. The van der Waals surface area contributed by atoms with Gasteiger partial charge in [0.05, 0.1) is 12.0 Å². The molecule has 0 unspecified atom stereocenters. The first-order valence-electron chi connectivity index (χ1n) is 9.20. The smallest absolute Gasteiger partial charge is 0.312 e. The number of aromatic nitrogens is 1. The van der Waals surface area contributed by atoms with Crippen molar-refractivity contribution in [1.29, 1.82) is 0 Å². The van der Waals surface area contributed by atoms with Crippen molar-refractivity contribution in [1.82, 2.24) is 9.29 Å². The molecule has 2 aromatic rings. The van der Waals surface area contributed by atoms with E-state index in [1.165, 1.54) is 22.8 Å². The molecule has 0 radical (unpaired) electrons. The zero-order chi connectivity index (χ0) is 20.2. The second-order valence-electron chi connectivity index (χ2n) is 6.86. The van der Waals surface area contributed by atoms with Gasteiger partial charge in [-0.25, -0.2) is 8.42 Å². The molecule has 1 aliphatic heterocycles. The van der Waals surface area contributed by atoms with Crippen LogP contribution >= 0.6 is 11.6 Å². The SMILES string of the molecule is CCOC(=O)C1(Cc2ccccc2Cl)CCN(S(=O)(=O)c2cccnc2)CC1. The summed E-state index contributed by atoms with van der Waals surface area (Å²) >= 11 is 6.30. The van der Waals surface area contributed by atoms with Gasteiger partial charge in [-0.15, -0.1) is 0 Å². The number of ether oxygens (including phenoxy) is 1. The van der Waals surface area contributed by atoms with E-state index in [2.05, 4.69) is 4.98 Å².